The van der Waals surface area contributed by atoms with Crippen LogP contribution >= 0.6 is 0 Å². The van der Waals surface area contributed by atoms with Crippen LogP contribution in [0.2, 0.25) is 0 Å². The summed E-state index contributed by atoms with van der Waals surface area (Å²) in [5.74, 6) is 0. The standard InChI is InChI=1S/C16H15N5/c1-12-8-16-19-10-14(11-21(16)20-12)9-18-15-4-2-13(3-5-15)6-7-17/h2-5,8,10-11,18H,6,9H2,1H3. The largest absolute Gasteiger partial charge is 0.381 e. The van der Waals surface area contributed by atoms with Crippen molar-refractivity contribution in [2.45, 2.75) is 19.9 Å². The van der Waals surface area contributed by atoms with Crippen LogP contribution in [-0.4, -0.2) is 14.6 Å². The SMILES string of the molecule is Cc1cc2ncc(CNc3ccc(CC#N)cc3)cn2n1. The summed E-state index contributed by atoms with van der Waals surface area (Å²) in [5, 5.41) is 16.3. The first-order valence-electron chi connectivity index (χ1n) is 6.75. The highest BCUT2D eigenvalue weighted by Crippen LogP contribution is 2.12. The quantitative estimate of drug-likeness (QED) is 0.796. The molecule has 1 aromatic carbocycles. The fraction of sp³-hybridized carbons (Fsp3) is 0.188. The van der Waals surface area contributed by atoms with Crippen LogP contribution in [0.3, 0.4) is 0 Å². The minimum Gasteiger partial charge on any atom is -0.381 e. The normalized spacial score (nSPS) is 10.5. The van der Waals surface area contributed by atoms with Crippen LogP contribution in [-0.2, 0) is 13.0 Å². The lowest BCUT2D eigenvalue weighted by molar-refractivity contribution is 0.895. The van der Waals surface area contributed by atoms with E-state index in [2.05, 4.69) is 21.5 Å². The molecule has 1 N–H and O–H groups in total. The fourth-order valence-electron chi connectivity index (χ4n) is 2.16. The molecule has 104 valence electrons. The van der Waals surface area contributed by atoms with Crippen molar-refractivity contribution in [3.05, 3.63) is 59.5 Å². The van der Waals surface area contributed by atoms with Crippen molar-refractivity contribution in [3.8, 4) is 6.07 Å². The number of nitriles is 1. The van der Waals surface area contributed by atoms with Gasteiger partial charge in [0.05, 0.1) is 18.2 Å². The van der Waals surface area contributed by atoms with Crippen molar-refractivity contribution in [2.75, 3.05) is 5.32 Å². The number of hydrogen-bond donors (Lipinski definition) is 1. The Labute approximate surface area is 122 Å². The maximum atomic E-state index is 8.65. The molecule has 0 fully saturated rings. The van der Waals surface area contributed by atoms with Gasteiger partial charge in [-0.25, -0.2) is 9.50 Å². The summed E-state index contributed by atoms with van der Waals surface area (Å²) >= 11 is 0. The second-order valence-corrected chi connectivity index (χ2v) is 4.94. The zero-order valence-electron chi connectivity index (χ0n) is 11.7. The first kappa shape index (κ1) is 13.1. The average Bonchev–Trinajstić information content (AvgIpc) is 2.86. The second kappa shape index (κ2) is 5.63. The fourth-order valence-corrected chi connectivity index (χ4v) is 2.16. The van der Waals surface area contributed by atoms with E-state index in [4.69, 9.17) is 5.26 Å². The molecule has 0 saturated heterocycles. The maximum absolute atomic E-state index is 8.65. The molecule has 2 aromatic heterocycles. The van der Waals surface area contributed by atoms with E-state index in [0.717, 1.165) is 28.2 Å². The van der Waals surface area contributed by atoms with Gasteiger partial charge in [0.1, 0.15) is 0 Å². The van der Waals surface area contributed by atoms with Gasteiger partial charge in [0, 0.05) is 36.3 Å². The lowest BCUT2D eigenvalue weighted by Crippen LogP contribution is -2.02. The van der Waals surface area contributed by atoms with Crippen molar-refractivity contribution in [3.63, 3.8) is 0 Å². The van der Waals surface area contributed by atoms with Gasteiger partial charge in [-0.15, -0.1) is 0 Å². The highest BCUT2D eigenvalue weighted by Gasteiger charge is 2.01. The van der Waals surface area contributed by atoms with Crippen LogP contribution in [0.4, 0.5) is 5.69 Å². The molecule has 0 aliphatic rings. The van der Waals surface area contributed by atoms with Gasteiger partial charge < -0.3 is 5.32 Å². The minimum absolute atomic E-state index is 0.444. The molecule has 0 aliphatic carbocycles. The van der Waals surface area contributed by atoms with E-state index in [9.17, 15) is 0 Å². The highest BCUT2D eigenvalue weighted by atomic mass is 15.2. The van der Waals surface area contributed by atoms with Gasteiger partial charge in [-0.2, -0.15) is 10.4 Å². The molecule has 5 heteroatoms. The topological polar surface area (TPSA) is 66.0 Å². The summed E-state index contributed by atoms with van der Waals surface area (Å²) in [4.78, 5) is 4.38. The first-order valence-corrected chi connectivity index (χ1v) is 6.75. The summed E-state index contributed by atoms with van der Waals surface area (Å²) in [5.41, 5.74) is 4.93. The van der Waals surface area contributed by atoms with Gasteiger partial charge in [0.15, 0.2) is 5.65 Å². The molecule has 0 atom stereocenters. The van der Waals surface area contributed by atoms with E-state index >= 15 is 0 Å². The maximum Gasteiger partial charge on any atom is 0.155 e. The van der Waals surface area contributed by atoms with Crippen molar-refractivity contribution >= 4 is 11.3 Å². The van der Waals surface area contributed by atoms with Crippen LogP contribution in [0.5, 0.6) is 0 Å². The third-order valence-electron chi connectivity index (χ3n) is 3.22. The third-order valence-corrected chi connectivity index (χ3v) is 3.22. The number of fused-ring (bicyclic) bond motifs is 1. The Morgan fingerprint density at radius 3 is 2.81 bits per heavy atom. The molecule has 0 aliphatic heterocycles. The predicted molar refractivity (Wildman–Crippen MR) is 80.8 cm³/mol. The van der Waals surface area contributed by atoms with E-state index in [1.807, 2.05) is 49.6 Å². The number of aromatic nitrogens is 3. The highest BCUT2D eigenvalue weighted by molar-refractivity contribution is 5.46. The molecule has 21 heavy (non-hydrogen) atoms. The Hall–Kier alpha value is -2.87. The van der Waals surface area contributed by atoms with Gasteiger partial charge in [-0.05, 0) is 24.6 Å². The molecule has 2 heterocycles. The monoisotopic (exact) mass is 277 g/mol. The van der Waals surface area contributed by atoms with Crippen LogP contribution in [0.15, 0.2) is 42.7 Å². The zero-order valence-corrected chi connectivity index (χ0v) is 11.7. The molecular formula is C16H15N5. The molecule has 3 rings (SSSR count). The van der Waals surface area contributed by atoms with Gasteiger partial charge in [-0.3, -0.25) is 0 Å². The zero-order chi connectivity index (χ0) is 14.7. The number of nitrogens with one attached hydrogen (secondary N) is 1. The van der Waals surface area contributed by atoms with Crippen molar-refractivity contribution in [1.82, 2.24) is 14.6 Å². The Morgan fingerprint density at radius 2 is 2.05 bits per heavy atom. The van der Waals surface area contributed by atoms with Crippen molar-refractivity contribution in [2.24, 2.45) is 0 Å². The summed E-state index contributed by atoms with van der Waals surface area (Å²) in [6.45, 7) is 2.63. The molecule has 0 bridgehead atoms. The predicted octanol–water partition coefficient (Wildman–Crippen LogP) is 2.72. The van der Waals surface area contributed by atoms with E-state index in [0.29, 0.717) is 13.0 Å². The van der Waals surface area contributed by atoms with E-state index in [1.54, 1.807) is 4.52 Å². The average molecular weight is 277 g/mol. The summed E-state index contributed by atoms with van der Waals surface area (Å²) in [7, 11) is 0. The van der Waals surface area contributed by atoms with E-state index in [1.165, 1.54) is 0 Å². The van der Waals surface area contributed by atoms with Gasteiger partial charge in [0.25, 0.3) is 0 Å². The van der Waals surface area contributed by atoms with Crippen LogP contribution in [0.1, 0.15) is 16.8 Å². The lowest BCUT2D eigenvalue weighted by Gasteiger charge is -2.07. The molecule has 3 aromatic rings. The van der Waals surface area contributed by atoms with Crippen LogP contribution in [0.25, 0.3) is 5.65 Å². The Balaban J connectivity index is 1.69. The number of hydrogen-bond acceptors (Lipinski definition) is 4. The Bertz CT molecular complexity index is 796. The Kier molecular flexibility index (Phi) is 3.52. The van der Waals surface area contributed by atoms with E-state index in [-0.39, 0.29) is 0 Å². The van der Waals surface area contributed by atoms with Gasteiger partial charge in [0.2, 0.25) is 0 Å². The molecule has 0 saturated carbocycles. The Morgan fingerprint density at radius 1 is 1.24 bits per heavy atom. The van der Waals surface area contributed by atoms with Crippen molar-refractivity contribution in [1.29, 1.82) is 5.26 Å². The summed E-state index contributed by atoms with van der Waals surface area (Å²) in [6, 6.07) is 12.0. The summed E-state index contributed by atoms with van der Waals surface area (Å²) < 4.78 is 1.79. The van der Waals surface area contributed by atoms with Crippen LogP contribution in [0, 0.1) is 18.3 Å². The second-order valence-electron chi connectivity index (χ2n) is 4.94. The number of nitrogens with zero attached hydrogens (tertiary/aromatic N) is 4. The first-order chi connectivity index (χ1) is 10.2. The molecule has 0 amide bonds. The third kappa shape index (κ3) is 3.00. The lowest BCUT2D eigenvalue weighted by atomic mass is 10.1. The molecular weight excluding hydrogens is 262 g/mol. The summed E-state index contributed by atoms with van der Waals surface area (Å²) in [6.07, 6.45) is 4.28. The number of rotatable bonds is 4. The number of aryl methyl sites for hydroxylation is 1. The molecule has 0 spiro atoms. The minimum atomic E-state index is 0.444. The number of anilines is 1. The van der Waals surface area contributed by atoms with Crippen LogP contribution < -0.4 is 5.32 Å². The van der Waals surface area contributed by atoms with Crippen molar-refractivity contribution < 1.29 is 0 Å². The molecule has 0 unspecified atom stereocenters. The molecule has 0 radical (unpaired) electrons. The molecule has 5 nitrogen and oxygen atoms in total. The van der Waals surface area contributed by atoms with Gasteiger partial charge >= 0.3 is 0 Å². The number of benzene rings is 1. The smallest absolute Gasteiger partial charge is 0.155 e. The van der Waals surface area contributed by atoms with E-state index < -0.39 is 0 Å². The van der Waals surface area contributed by atoms with Gasteiger partial charge in [-0.1, -0.05) is 12.1 Å².